The number of aromatic nitrogens is 2. The molecule has 2 aromatic rings. The average Bonchev–Trinajstić information content (AvgIpc) is 2.55. The lowest BCUT2D eigenvalue weighted by molar-refractivity contribution is 0.0699. The van der Waals surface area contributed by atoms with Crippen molar-refractivity contribution in [3.63, 3.8) is 0 Å². The van der Waals surface area contributed by atoms with E-state index in [1.807, 2.05) is 0 Å². The number of carboxylic acids is 1. The molecule has 2 aromatic heterocycles. The van der Waals surface area contributed by atoms with E-state index < -0.39 is 5.97 Å². The molecule has 0 spiro atoms. The van der Waals surface area contributed by atoms with Crippen LogP contribution in [-0.4, -0.2) is 20.0 Å². The number of hydrogen-bond acceptors (Lipinski definition) is 3. The summed E-state index contributed by atoms with van der Waals surface area (Å²) in [6, 6.07) is 1.60. The fourth-order valence-corrected chi connectivity index (χ4v) is 1.96. The molecule has 0 atom stereocenters. The van der Waals surface area contributed by atoms with Gasteiger partial charge >= 0.3 is 5.97 Å². The summed E-state index contributed by atoms with van der Waals surface area (Å²) in [6.45, 7) is 0. The first-order valence-electron chi connectivity index (χ1n) is 3.82. The van der Waals surface area contributed by atoms with Crippen molar-refractivity contribution in [2.75, 3.05) is 0 Å². The molecule has 78 valence electrons. The van der Waals surface area contributed by atoms with E-state index in [2.05, 4.69) is 20.9 Å². The van der Waals surface area contributed by atoms with Gasteiger partial charge in [-0.3, -0.25) is 0 Å². The van der Waals surface area contributed by atoms with E-state index in [4.69, 9.17) is 5.11 Å². The molecule has 0 aliphatic rings. The lowest BCUT2D eigenvalue weighted by Crippen LogP contribution is -1.93. The molecule has 0 fully saturated rings. The Balaban J connectivity index is 2.81. The van der Waals surface area contributed by atoms with E-state index in [1.165, 1.54) is 12.4 Å². The number of hydrogen-bond donors (Lipinski definition) is 1. The van der Waals surface area contributed by atoms with Gasteiger partial charge in [-0.1, -0.05) is 0 Å². The fourth-order valence-electron chi connectivity index (χ4n) is 1.28. The predicted molar refractivity (Wildman–Crippen MR) is 58.5 cm³/mol. The Labute approximate surface area is 96.7 Å². The molecule has 0 saturated carbocycles. The molecule has 2 heterocycles. The van der Waals surface area contributed by atoms with Crippen molar-refractivity contribution in [2.45, 2.75) is 0 Å². The van der Waals surface area contributed by atoms with E-state index in [-0.39, 0.29) is 17.9 Å². The number of carbonyl (C=O) groups is 1. The second-order valence-corrected chi connectivity index (χ2v) is 4.21. The Bertz CT molecular complexity index is 543. The van der Waals surface area contributed by atoms with Crippen molar-refractivity contribution in [1.82, 2.24) is 8.96 Å². The molecule has 0 unspecified atom stereocenters. The molecule has 0 aliphatic carbocycles. The van der Waals surface area contributed by atoms with Gasteiger partial charge in [-0.15, -0.1) is 3.89 Å². The molecule has 1 N–H and O–H groups in total. The molecule has 7 heteroatoms. The minimum atomic E-state index is -1.10. The van der Waals surface area contributed by atoms with E-state index in [9.17, 15) is 8.68 Å². The second-order valence-electron chi connectivity index (χ2n) is 2.77. The standard InChI is InChI=1S/C8H4BrFN2O2S/c9-4-1-5-6(8(13)14)3-12(15-10)7(5)11-2-4/h1-3H,(H,13,14). The van der Waals surface area contributed by atoms with Crippen molar-refractivity contribution < 1.29 is 13.8 Å². The van der Waals surface area contributed by atoms with Gasteiger partial charge in [0.05, 0.1) is 5.56 Å². The lowest BCUT2D eigenvalue weighted by Gasteiger charge is -1.94. The van der Waals surface area contributed by atoms with Crippen LogP contribution in [0.5, 0.6) is 0 Å². The zero-order chi connectivity index (χ0) is 11.0. The smallest absolute Gasteiger partial charge is 0.337 e. The molecule has 4 nitrogen and oxygen atoms in total. The minimum Gasteiger partial charge on any atom is -0.478 e. The highest BCUT2D eigenvalue weighted by Gasteiger charge is 2.15. The van der Waals surface area contributed by atoms with Crippen LogP contribution in [0.25, 0.3) is 11.0 Å². The SMILES string of the molecule is O=C(O)c1cn(SF)c2ncc(Br)cc12. The number of halogens is 2. The summed E-state index contributed by atoms with van der Waals surface area (Å²) in [5.74, 6) is -1.10. The summed E-state index contributed by atoms with van der Waals surface area (Å²) in [5, 5.41) is 9.30. The second kappa shape index (κ2) is 3.82. The van der Waals surface area contributed by atoms with Crippen molar-refractivity contribution in [3.05, 3.63) is 28.5 Å². The van der Waals surface area contributed by atoms with Gasteiger partial charge in [0.1, 0.15) is 0 Å². The quantitative estimate of drug-likeness (QED) is 0.924. The van der Waals surface area contributed by atoms with Crippen molar-refractivity contribution >= 4 is 45.3 Å². The molecule has 0 aliphatic heterocycles. The molecular weight excluding hydrogens is 287 g/mol. The van der Waals surface area contributed by atoms with Crippen molar-refractivity contribution in [1.29, 1.82) is 0 Å². The van der Waals surface area contributed by atoms with Gasteiger partial charge in [0.2, 0.25) is 0 Å². The topological polar surface area (TPSA) is 55.1 Å². The minimum absolute atomic E-state index is 0.0314. The van der Waals surface area contributed by atoms with Crippen LogP contribution in [0.4, 0.5) is 3.89 Å². The first-order valence-corrected chi connectivity index (χ1v) is 5.29. The fraction of sp³-hybridized carbons (Fsp3) is 0. The largest absolute Gasteiger partial charge is 0.478 e. The van der Waals surface area contributed by atoms with E-state index >= 15 is 0 Å². The molecule has 0 saturated heterocycles. The Morgan fingerprint density at radius 3 is 3.00 bits per heavy atom. The Morgan fingerprint density at radius 2 is 2.40 bits per heavy atom. The number of carboxylic acid groups (broad SMARTS) is 1. The number of pyridine rings is 1. The van der Waals surface area contributed by atoms with Crippen LogP contribution in [0.2, 0.25) is 0 Å². The van der Waals surface area contributed by atoms with Gasteiger partial charge in [0, 0.05) is 22.3 Å². The zero-order valence-corrected chi connectivity index (χ0v) is 9.55. The molecule has 2 rings (SSSR count). The maximum Gasteiger partial charge on any atom is 0.337 e. The van der Waals surface area contributed by atoms with Gasteiger partial charge in [0.25, 0.3) is 0 Å². The number of rotatable bonds is 2. The summed E-state index contributed by atoms with van der Waals surface area (Å²) < 4.78 is 14.2. The third kappa shape index (κ3) is 1.72. The van der Waals surface area contributed by atoms with E-state index in [0.717, 1.165) is 3.97 Å². The summed E-state index contributed by atoms with van der Waals surface area (Å²) in [6.07, 6.45) is 2.69. The third-order valence-corrected chi connectivity index (χ3v) is 2.74. The first kappa shape index (κ1) is 10.4. The lowest BCUT2D eigenvalue weighted by atomic mass is 10.2. The van der Waals surface area contributed by atoms with Crippen LogP contribution >= 0.6 is 28.3 Å². The highest BCUT2D eigenvalue weighted by molar-refractivity contribution is 9.10. The van der Waals surface area contributed by atoms with Crippen molar-refractivity contribution in [2.24, 2.45) is 0 Å². The molecule has 0 aromatic carbocycles. The van der Waals surface area contributed by atoms with Gasteiger partial charge in [-0.2, -0.15) is 0 Å². The van der Waals surface area contributed by atoms with Crippen LogP contribution in [0.3, 0.4) is 0 Å². The van der Waals surface area contributed by atoms with E-state index in [0.29, 0.717) is 15.5 Å². The van der Waals surface area contributed by atoms with Gasteiger partial charge in [-0.05, 0) is 22.0 Å². The summed E-state index contributed by atoms with van der Waals surface area (Å²) in [4.78, 5) is 14.8. The van der Waals surface area contributed by atoms with Crippen LogP contribution in [0.15, 0.2) is 22.9 Å². The summed E-state index contributed by atoms with van der Waals surface area (Å²) in [5.41, 5.74) is 0.326. The normalized spacial score (nSPS) is 10.8. The zero-order valence-electron chi connectivity index (χ0n) is 7.15. The molecule has 0 radical (unpaired) electrons. The monoisotopic (exact) mass is 290 g/mol. The summed E-state index contributed by atoms with van der Waals surface area (Å²) >= 11 is 3.10. The number of nitrogens with zero attached hydrogens (tertiary/aromatic N) is 2. The third-order valence-electron chi connectivity index (χ3n) is 1.88. The van der Waals surface area contributed by atoms with Gasteiger partial charge < -0.3 is 5.11 Å². The van der Waals surface area contributed by atoms with Crippen LogP contribution < -0.4 is 0 Å². The highest BCUT2D eigenvalue weighted by Crippen LogP contribution is 2.26. The molecule has 0 bridgehead atoms. The van der Waals surface area contributed by atoms with Crippen molar-refractivity contribution in [3.8, 4) is 0 Å². The Morgan fingerprint density at radius 1 is 1.67 bits per heavy atom. The number of fused-ring (bicyclic) bond motifs is 1. The molecule has 15 heavy (non-hydrogen) atoms. The molecular formula is C8H4BrFN2O2S. The van der Waals surface area contributed by atoms with Crippen LogP contribution in [-0.2, 0) is 0 Å². The van der Waals surface area contributed by atoms with Gasteiger partial charge in [-0.25, -0.2) is 13.8 Å². The van der Waals surface area contributed by atoms with Gasteiger partial charge in [0.15, 0.2) is 18.0 Å². The first-order chi connectivity index (χ1) is 7.13. The Kier molecular flexibility index (Phi) is 2.66. The van der Waals surface area contributed by atoms with Crippen LogP contribution in [0, 0.1) is 0 Å². The molecule has 0 amide bonds. The van der Waals surface area contributed by atoms with E-state index in [1.54, 1.807) is 6.07 Å². The number of aromatic carboxylic acids is 1. The van der Waals surface area contributed by atoms with Crippen LogP contribution in [0.1, 0.15) is 10.4 Å². The summed E-state index contributed by atoms with van der Waals surface area (Å²) in [7, 11) is 0. The average molecular weight is 291 g/mol. The maximum atomic E-state index is 12.5. The maximum absolute atomic E-state index is 12.5. The highest BCUT2D eigenvalue weighted by atomic mass is 79.9. The predicted octanol–water partition coefficient (Wildman–Crippen LogP) is 2.88. The Hall–Kier alpha value is -1.08.